The Morgan fingerprint density at radius 1 is 1.25 bits per heavy atom. The van der Waals surface area contributed by atoms with Crippen LogP contribution in [0.25, 0.3) is 0 Å². The predicted molar refractivity (Wildman–Crippen MR) is 74.0 cm³/mol. The molecule has 1 aromatic rings. The number of benzene rings is 1. The lowest BCUT2D eigenvalue weighted by atomic mass is 10.0. The second kappa shape index (κ2) is 6.83. The van der Waals surface area contributed by atoms with Gasteiger partial charge in [-0.3, -0.25) is 0 Å². The predicted octanol–water partition coefficient (Wildman–Crippen LogP) is 0.924. The number of carboxylic acids is 1. The molecule has 112 valence electrons. The molecule has 0 spiro atoms. The number of hydrogen-bond acceptors (Lipinski definition) is 4. The van der Waals surface area contributed by atoms with Crippen molar-refractivity contribution in [1.29, 1.82) is 0 Å². The van der Waals surface area contributed by atoms with Gasteiger partial charge in [0.15, 0.2) is 6.10 Å². The molecule has 0 aromatic heterocycles. The van der Waals surface area contributed by atoms with Gasteiger partial charge in [-0.2, -0.15) is 0 Å². The summed E-state index contributed by atoms with van der Waals surface area (Å²) in [6.07, 6.45) is -1.75. The minimum atomic E-state index is -3.68. The van der Waals surface area contributed by atoms with Gasteiger partial charge < -0.3 is 10.2 Å². The SMILES string of the molecule is CC(C)c1ccc(S(=O)(=O)NCCC(O)C(=O)O)cc1. The second-order valence-corrected chi connectivity index (χ2v) is 6.53. The first-order chi connectivity index (χ1) is 9.24. The number of carboxylic acid groups (broad SMARTS) is 1. The Morgan fingerprint density at radius 2 is 1.80 bits per heavy atom. The van der Waals surface area contributed by atoms with Crippen LogP contribution in [0.4, 0.5) is 0 Å². The van der Waals surface area contributed by atoms with Gasteiger partial charge in [-0.15, -0.1) is 0 Å². The minimum absolute atomic E-state index is 0.117. The molecule has 0 saturated carbocycles. The summed E-state index contributed by atoms with van der Waals surface area (Å²) >= 11 is 0. The zero-order valence-corrected chi connectivity index (χ0v) is 12.2. The van der Waals surface area contributed by atoms with E-state index in [1.807, 2.05) is 13.8 Å². The minimum Gasteiger partial charge on any atom is -0.479 e. The molecule has 7 heteroatoms. The third-order valence-corrected chi connectivity index (χ3v) is 4.33. The van der Waals surface area contributed by atoms with Gasteiger partial charge >= 0.3 is 5.97 Å². The van der Waals surface area contributed by atoms with E-state index in [9.17, 15) is 13.2 Å². The van der Waals surface area contributed by atoms with Gasteiger partial charge in [0.05, 0.1) is 4.90 Å². The molecule has 1 rings (SSSR count). The van der Waals surface area contributed by atoms with Gasteiger partial charge in [0.2, 0.25) is 10.0 Å². The normalized spacial score (nSPS) is 13.4. The van der Waals surface area contributed by atoms with E-state index in [4.69, 9.17) is 10.2 Å². The lowest BCUT2D eigenvalue weighted by molar-refractivity contribution is -0.146. The Kier molecular flexibility index (Phi) is 5.67. The van der Waals surface area contributed by atoms with Crippen LogP contribution in [0.2, 0.25) is 0 Å². The molecule has 1 unspecified atom stereocenters. The van der Waals surface area contributed by atoms with Crippen molar-refractivity contribution in [3.8, 4) is 0 Å². The molecule has 0 radical (unpaired) electrons. The summed E-state index contributed by atoms with van der Waals surface area (Å²) in [6, 6.07) is 6.49. The molecule has 3 N–H and O–H groups in total. The fourth-order valence-electron chi connectivity index (χ4n) is 1.57. The molecule has 0 aliphatic rings. The highest BCUT2D eigenvalue weighted by Gasteiger charge is 2.17. The van der Waals surface area contributed by atoms with E-state index in [2.05, 4.69) is 4.72 Å². The Morgan fingerprint density at radius 3 is 2.25 bits per heavy atom. The highest BCUT2D eigenvalue weighted by Crippen LogP contribution is 2.17. The van der Waals surface area contributed by atoms with Crippen LogP contribution in [0.15, 0.2) is 29.2 Å². The molecule has 0 bridgehead atoms. The maximum absolute atomic E-state index is 11.9. The summed E-state index contributed by atoms with van der Waals surface area (Å²) in [5, 5.41) is 17.5. The van der Waals surface area contributed by atoms with E-state index in [1.165, 1.54) is 12.1 Å². The number of carbonyl (C=O) groups is 1. The average Bonchev–Trinajstić information content (AvgIpc) is 2.38. The number of sulfonamides is 1. The molecule has 0 amide bonds. The molecule has 0 heterocycles. The van der Waals surface area contributed by atoms with E-state index in [-0.39, 0.29) is 17.9 Å². The van der Waals surface area contributed by atoms with Crippen molar-refractivity contribution >= 4 is 16.0 Å². The van der Waals surface area contributed by atoms with Crippen LogP contribution in [0.3, 0.4) is 0 Å². The average molecular weight is 301 g/mol. The first kappa shape index (κ1) is 16.6. The fraction of sp³-hybridized carbons (Fsp3) is 0.462. The smallest absolute Gasteiger partial charge is 0.332 e. The van der Waals surface area contributed by atoms with E-state index in [0.717, 1.165) is 5.56 Å². The maximum Gasteiger partial charge on any atom is 0.332 e. The molecule has 6 nitrogen and oxygen atoms in total. The molecule has 0 fully saturated rings. The van der Waals surface area contributed by atoms with Gasteiger partial charge in [-0.25, -0.2) is 17.9 Å². The van der Waals surface area contributed by atoms with Crippen molar-refractivity contribution in [1.82, 2.24) is 4.72 Å². The van der Waals surface area contributed by atoms with Gasteiger partial charge in [0.25, 0.3) is 0 Å². The van der Waals surface area contributed by atoms with Gasteiger partial charge in [0, 0.05) is 6.54 Å². The second-order valence-electron chi connectivity index (χ2n) is 4.76. The molecule has 1 atom stereocenters. The zero-order valence-electron chi connectivity index (χ0n) is 11.4. The number of nitrogens with one attached hydrogen (secondary N) is 1. The monoisotopic (exact) mass is 301 g/mol. The Labute approximate surface area is 118 Å². The molecular weight excluding hydrogens is 282 g/mol. The van der Waals surface area contributed by atoms with Crippen LogP contribution in [-0.4, -0.2) is 37.2 Å². The van der Waals surface area contributed by atoms with Crippen molar-refractivity contribution in [2.24, 2.45) is 0 Å². The van der Waals surface area contributed by atoms with Gasteiger partial charge in [0.1, 0.15) is 0 Å². The first-order valence-corrected chi connectivity index (χ1v) is 7.73. The Balaban J connectivity index is 2.67. The third kappa shape index (κ3) is 4.59. The van der Waals surface area contributed by atoms with E-state index >= 15 is 0 Å². The summed E-state index contributed by atoms with van der Waals surface area (Å²) in [7, 11) is -3.68. The fourth-order valence-corrected chi connectivity index (χ4v) is 2.62. The number of aliphatic hydroxyl groups excluding tert-OH is 1. The highest BCUT2D eigenvalue weighted by atomic mass is 32.2. The zero-order chi connectivity index (χ0) is 15.3. The van der Waals surface area contributed by atoms with Crippen LogP contribution >= 0.6 is 0 Å². The van der Waals surface area contributed by atoms with Crippen molar-refractivity contribution < 1.29 is 23.4 Å². The third-order valence-electron chi connectivity index (χ3n) is 2.85. The van der Waals surface area contributed by atoms with Crippen molar-refractivity contribution in [3.05, 3.63) is 29.8 Å². The number of aliphatic carboxylic acids is 1. The lowest BCUT2D eigenvalue weighted by Gasteiger charge is -2.10. The van der Waals surface area contributed by atoms with Crippen LogP contribution in [-0.2, 0) is 14.8 Å². The summed E-state index contributed by atoms with van der Waals surface area (Å²) in [6.45, 7) is 3.88. The summed E-state index contributed by atoms with van der Waals surface area (Å²) in [5.41, 5.74) is 1.03. The molecule has 0 aliphatic heterocycles. The molecular formula is C13H19NO5S. The van der Waals surface area contributed by atoms with Crippen molar-refractivity contribution in [2.45, 2.75) is 37.2 Å². The maximum atomic E-state index is 11.9. The van der Waals surface area contributed by atoms with Crippen LogP contribution in [0, 0.1) is 0 Å². The molecule has 0 saturated heterocycles. The largest absolute Gasteiger partial charge is 0.479 e. The quantitative estimate of drug-likeness (QED) is 0.695. The Bertz CT molecular complexity index is 551. The molecule has 1 aromatic carbocycles. The van der Waals surface area contributed by atoms with Crippen LogP contribution in [0.5, 0.6) is 0 Å². The van der Waals surface area contributed by atoms with Crippen LogP contribution < -0.4 is 4.72 Å². The van der Waals surface area contributed by atoms with Crippen molar-refractivity contribution in [3.63, 3.8) is 0 Å². The topological polar surface area (TPSA) is 104 Å². The number of aliphatic hydroxyl groups is 1. The number of hydrogen-bond donors (Lipinski definition) is 3. The van der Waals surface area contributed by atoms with Gasteiger partial charge in [-0.1, -0.05) is 26.0 Å². The highest BCUT2D eigenvalue weighted by molar-refractivity contribution is 7.89. The lowest BCUT2D eigenvalue weighted by Crippen LogP contribution is -2.30. The molecule has 0 aliphatic carbocycles. The summed E-state index contributed by atoms with van der Waals surface area (Å²) in [5.74, 6) is -1.06. The van der Waals surface area contributed by atoms with E-state index < -0.39 is 22.1 Å². The standard InChI is InChI=1S/C13H19NO5S/c1-9(2)10-3-5-11(6-4-10)20(18,19)14-8-7-12(15)13(16)17/h3-6,9,12,14-15H,7-8H2,1-2H3,(H,16,17). The van der Waals surface area contributed by atoms with Crippen molar-refractivity contribution in [2.75, 3.05) is 6.54 Å². The first-order valence-electron chi connectivity index (χ1n) is 6.24. The summed E-state index contributed by atoms with van der Waals surface area (Å²) in [4.78, 5) is 10.5. The Hall–Kier alpha value is -1.44. The van der Waals surface area contributed by atoms with Gasteiger partial charge in [-0.05, 0) is 30.0 Å². The van der Waals surface area contributed by atoms with Crippen LogP contribution in [0.1, 0.15) is 31.7 Å². The molecule has 20 heavy (non-hydrogen) atoms. The van der Waals surface area contributed by atoms with E-state index in [1.54, 1.807) is 12.1 Å². The number of rotatable bonds is 7. The van der Waals surface area contributed by atoms with E-state index in [0.29, 0.717) is 5.92 Å². The summed E-state index contributed by atoms with van der Waals surface area (Å²) < 4.78 is 26.1.